The molecule has 0 bridgehead atoms. The second-order valence-electron chi connectivity index (χ2n) is 5.30. The predicted octanol–water partition coefficient (Wildman–Crippen LogP) is 2.79. The number of aromatic nitrogens is 2. The molecule has 0 radical (unpaired) electrons. The number of hydrogen-bond acceptors (Lipinski definition) is 5. The lowest BCUT2D eigenvalue weighted by molar-refractivity contribution is -0.118. The van der Waals surface area contributed by atoms with Gasteiger partial charge in [0.2, 0.25) is 5.91 Å². The average Bonchev–Trinajstić information content (AvgIpc) is 3.20. The summed E-state index contributed by atoms with van der Waals surface area (Å²) >= 11 is 2.97. The normalized spacial score (nSPS) is 15.7. The maximum atomic E-state index is 12.0. The van der Waals surface area contributed by atoms with E-state index >= 15 is 0 Å². The zero-order chi connectivity index (χ0) is 14.7. The molecule has 2 aromatic rings. The van der Waals surface area contributed by atoms with E-state index in [1.807, 2.05) is 13.0 Å². The van der Waals surface area contributed by atoms with Crippen LogP contribution in [0.1, 0.15) is 23.4 Å². The van der Waals surface area contributed by atoms with Crippen LogP contribution in [-0.4, -0.2) is 28.4 Å². The Kier molecular flexibility index (Phi) is 4.26. The maximum Gasteiger partial charge on any atom is 0.230 e. The fraction of sp³-hybridized carbons (Fsp3) is 0.400. The van der Waals surface area contributed by atoms with Crippen LogP contribution in [0.25, 0.3) is 0 Å². The fourth-order valence-corrected chi connectivity index (χ4v) is 3.94. The number of carbonyl (C=O) groups excluding carboxylic acids is 1. The summed E-state index contributed by atoms with van der Waals surface area (Å²) in [7, 11) is 0. The van der Waals surface area contributed by atoms with E-state index in [0.29, 0.717) is 5.75 Å². The van der Waals surface area contributed by atoms with Crippen molar-refractivity contribution in [2.75, 3.05) is 12.3 Å². The van der Waals surface area contributed by atoms with Crippen molar-refractivity contribution in [3.8, 4) is 0 Å². The molecule has 1 aliphatic carbocycles. The molecule has 0 atom stereocenters. The lowest BCUT2D eigenvalue weighted by Crippen LogP contribution is -2.33. The quantitative estimate of drug-likeness (QED) is 0.832. The average molecular weight is 319 g/mol. The highest BCUT2D eigenvalue weighted by atomic mass is 32.2. The number of nitrogens with zero attached hydrogens (tertiary/aromatic N) is 2. The summed E-state index contributed by atoms with van der Waals surface area (Å²) in [6, 6.07) is 10.4. The van der Waals surface area contributed by atoms with E-state index in [1.54, 1.807) is 0 Å². The number of aryl methyl sites for hydroxylation is 1. The van der Waals surface area contributed by atoms with E-state index in [1.165, 1.54) is 28.7 Å². The van der Waals surface area contributed by atoms with Crippen molar-refractivity contribution in [2.24, 2.45) is 0 Å². The zero-order valence-electron chi connectivity index (χ0n) is 11.8. The van der Waals surface area contributed by atoms with Gasteiger partial charge in [0.1, 0.15) is 5.01 Å². The molecule has 0 spiro atoms. The van der Waals surface area contributed by atoms with Gasteiger partial charge in [-0.25, -0.2) is 0 Å². The van der Waals surface area contributed by atoms with Gasteiger partial charge in [0.05, 0.1) is 5.75 Å². The summed E-state index contributed by atoms with van der Waals surface area (Å²) in [6.45, 7) is 2.64. The van der Waals surface area contributed by atoms with Crippen molar-refractivity contribution in [1.29, 1.82) is 0 Å². The van der Waals surface area contributed by atoms with Gasteiger partial charge in [-0.3, -0.25) is 4.79 Å². The van der Waals surface area contributed by atoms with Gasteiger partial charge in [0.15, 0.2) is 4.34 Å². The van der Waals surface area contributed by atoms with E-state index < -0.39 is 0 Å². The first kappa shape index (κ1) is 14.5. The highest BCUT2D eigenvalue weighted by molar-refractivity contribution is 8.01. The molecule has 1 aromatic carbocycles. The van der Waals surface area contributed by atoms with Crippen molar-refractivity contribution in [2.45, 2.75) is 29.5 Å². The number of amides is 1. The van der Waals surface area contributed by atoms with Crippen LogP contribution in [0, 0.1) is 6.92 Å². The first-order valence-corrected chi connectivity index (χ1v) is 8.73. The van der Waals surface area contributed by atoms with Crippen LogP contribution >= 0.6 is 23.1 Å². The lowest BCUT2D eigenvalue weighted by atomic mass is 9.96. The minimum atomic E-state index is 0.0649. The third kappa shape index (κ3) is 3.63. The van der Waals surface area contributed by atoms with Crippen molar-refractivity contribution < 1.29 is 4.79 Å². The lowest BCUT2D eigenvalue weighted by Gasteiger charge is -2.16. The monoisotopic (exact) mass is 319 g/mol. The highest BCUT2D eigenvalue weighted by Crippen LogP contribution is 2.47. The second-order valence-corrected chi connectivity index (χ2v) is 7.70. The summed E-state index contributed by atoms with van der Waals surface area (Å²) in [5.41, 5.74) is 1.50. The van der Waals surface area contributed by atoms with Crippen LogP contribution in [0.4, 0.5) is 0 Å². The molecule has 6 heteroatoms. The van der Waals surface area contributed by atoms with Crippen LogP contribution in [0.3, 0.4) is 0 Å². The molecule has 1 heterocycles. The Morgan fingerprint density at radius 1 is 1.33 bits per heavy atom. The van der Waals surface area contributed by atoms with E-state index in [4.69, 9.17) is 0 Å². The van der Waals surface area contributed by atoms with Gasteiger partial charge in [0.25, 0.3) is 0 Å². The number of nitrogens with one attached hydrogen (secondary N) is 1. The summed E-state index contributed by atoms with van der Waals surface area (Å²) in [4.78, 5) is 12.0. The molecule has 1 fully saturated rings. The molecule has 21 heavy (non-hydrogen) atoms. The van der Waals surface area contributed by atoms with Crippen LogP contribution < -0.4 is 5.32 Å². The van der Waals surface area contributed by atoms with Crippen molar-refractivity contribution >= 4 is 29.0 Å². The molecular weight excluding hydrogens is 302 g/mol. The van der Waals surface area contributed by atoms with Crippen LogP contribution in [-0.2, 0) is 10.2 Å². The first-order valence-electron chi connectivity index (χ1n) is 6.93. The van der Waals surface area contributed by atoms with Crippen LogP contribution in [0.2, 0.25) is 0 Å². The molecule has 0 unspecified atom stereocenters. The highest BCUT2D eigenvalue weighted by Gasteiger charge is 2.44. The Hall–Kier alpha value is -1.40. The van der Waals surface area contributed by atoms with Crippen LogP contribution in [0.15, 0.2) is 34.7 Å². The van der Waals surface area contributed by atoms with Crippen LogP contribution in [0.5, 0.6) is 0 Å². The van der Waals surface area contributed by atoms with Crippen molar-refractivity contribution in [3.05, 3.63) is 40.9 Å². The smallest absolute Gasteiger partial charge is 0.230 e. The Bertz CT molecular complexity index is 623. The number of rotatable bonds is 6. The van der Waals surface area contributed by atoms with E-state index in [2.05, 4.69) is 39.8 Å². The topological polar surface area (TPSA) is 54.9 Å². The largest absolute Gasteiger partial charge is 0.354 e. The van der Waals surface area contributed by atoms with Gasteiger partial charge >= 0.3 is 0 Å². The van der Waals surface area contributed by atoms with Gasteiger partial charge in [-0.05, 0) is 25.3 Å². The SMILES string of the molecule is Cc1nnc(SCC(=O)NCC2(c3ccccc3)CC2)s1. The molecule has 1 aromatic heterocycles. The molecule has 1 N–H and O–H groups in total. The van der Waals surface area contributed by atoms with Gasteiger partial charge in [0, 0.05) is 12.0 Å². The fourth-order valence-electron chi connectivity index (χ4n) is 2.29. The number of carbonyl (C=O) groups is 1. The van der Waals surface area contributed by atoms with Crippen molar-refractivity contribution in [3.63, 3.8) is 0 Å². The Morgan fingerprint density at radius 2 is 2.10 bits per heavy atom. The minimum absolute atomic E-state index is 0.0649. The molecule has 110 valence electrons. The summed E-state index contributed by atoms with van der Waals surface area (Å²) in [5, 5.41) is 11.9. The summed E-state index contributed by atoms with van der Waals surface area (Å²) in [5.74, 6) is 0.467. The molecule has 3 rings (SSSR count). The Morgan fingerprint density at radius 3 is 2.71 bits per heavy atom. The van der Waals surface area contributed by atoms with E-state index in [-0.39, 0.29) is 11.3 Å². The number of thioether (sulfide) groups is 1. The van der Waals surface area contributed by atoms with Gasteiger partial charge in [-0.2, -0.15) is 0 Å². The molecular formula is C15H17N3OS2. The molecule has 1 amide bonds. The molecule has 4 nitrogen and oxygen atoms in total. The number of benzene rings is 1. The van der Waals surface area contributed by atoms with E-state index in [0.717, 1.165) is 28.7 Å². The Balaban J connectivity index is 1.48. The first-order chi connectivity index (χ1) is 10.2. The predicted molar refractivity (Wildman–Crippen MR) is 85.7 cm³/mol. The van der Waals surface area contributed by atoms with Gasteiger partial charge in [-0.15, -0.1) is 10.2 Å². The zero-order valence-corrected chi connectivity index (χ0v) is 13.5. The summed E-state index contributed by atoms with van der Waals surface area (Å²) in [6.07, 6.45) is 2.31. The molecule has 1 saturated carbocycles. The molecule has 0 aliphatic heterocycles. The standard InChI is InChI=1S/C15H17N3OS2/c1-11-17-18-14(21-11)20-9-13(19)16-10-15(7-8-15)12-5-3-2-4-6-12/h2-6H,7-10H2,1H3,(H,16,19). The van der Waals surface area contributed by atoms with Gasteiger partial charge in [-0.1, -0.05) is 53.4 Å². The Labute approximate surface area is 132 Å². The third-order valence-corrected chi connectivity index (χ3v) is 5.67. The van der Waals surface area contributed by atoms with E-state index in [9.17, 15) is 4.79 Å². The van der Waals surface area contributed by atoms with Gasteiger partial charge < -0.3 is 5.32 Å². The molecule has 1 aliphatic rings. The maximum absolute atomic E-state index is 12.0. The summed E-state index contributed by atoms with van der Waals surface area (Å²) < 4.78 is 0.854. The third-order valence-electron chi connectivity index (χ3n) is 3.70. The second kappa shape index (κ2) is 6.15. The number of hydrogen-bond donors (Lipinski definition) is 1. The molecule has 0 saturated heterocycles. The van der Waals surface area contributed by atoms with Crippen molar-refractivity contribution in [1.82, 2.24) is 15.5 Å². The minimum Gasteiger partial charge on any atom is -0.354 e.